The van der Waals surface area contributed by atoms with Crippen molar-refractivity contribution in [3.8, 4) is 11.1 Å². The average molecular weight is 873 g/mol. The molecule has 2 N–H and O–H groups in total. The van der Waals surface area contributed by atoms with Gasteiger partial charge >= 0.3 is 30.6 Å². The van der Waals surface area contributed by atoms with Gasteiger partial charge in [0, 0.05) is 11.7 Å². The highest BCUT2D eigenvalue weighted by Crippen LogP contribution is 2.45. The van der Waals surface area contributed by atoms with Crippen LogP contribution in [0.2, 0.25) is 25.3 Å². The maximum absolute atomic E-state index is 13.8. The zero-order chi connectivity index (χ0) is 45.1. The first-order valence-corrected chi connectivity index (χ1v) is 17.5. The van der Waals surface area contributed by atoms with Crippen LogP contribution in [0.1, 0.15) is 90.2 Å². The maximum Gasteiger partial charge on any atom is 0.515 e. The van der Waals surface area contributed by atoms with Crippen LogP contribution >= 0.6 is 0 Å². The van der Waals surface area contributed by atoms with Gasteiger partial charge < -0.3 is 0 Å². The number of hydrogen-bond acceptors (Lipinski definition) is 0. The average Bonchev–Trinajstić information content (AvgIpc) is 3.09. The lowest BCUT2D eigenvalue weighted by Gasteiger charge is -2.40. The Morgan fingerprint density at radius 1 is 0.404 bits per heavy atom. The van der Waals surface area contributed by atoms with E-state index in [0.29, 0.717) is 6.92 Å². The van der Waals surface area contributed by atoms with Crippen LogP contribution in [0, 0.1) is 53.5 Å². The van der Waals surface area contributed by atoms with Crippen LogP contribution in [0.3, 0.4) is 0 Å². The van der Waals surface area contributed by atoms with Gasteiger partial charge in [-0.3, -0.25) is 0 Å². The van der Waals surface area contributed by atoms with E-state index in [0.717, 1.165) is 0 Å². The number of alkyl halides is 13. The van der Waals surface area contributed by atoms with E-state index in [4.69, 9.17) is 0 Å². The molecule has 1 nitrogen and oxygen atoms in total. The summed E-state index contributed by atoms with van der Waals surface area (Å²) in [6.07, 6.45) is -1.22. The van der Waals surface area contributed by atoms with E-state index in [1.807, 2.05) is 0 Å². The van der Waals surface area contributed by atoms with Crippen molar-refractivity contribution in [2.24, 2.45) is 0 Å². The lowest BCUT2D eigenvalue weighted by Crippen LogP contribution is -3.07. The van der Waals surface area contributed by atoms with Gasteiger partial charge in [0.05, 0.1) is 5.56 Å². The first-order valence-electron chi connectivity index (χ1n) is 17.5. The first-order chi connectivity index (χ1) is 25.8. The maximum atomic E-state index is 13.8. The third-order valence-electron chi connectivity index (χ3n) is 9.10. The van der Waals surface area contributed by atoms with Crippen LogP contribution in [-0.4, -0.2) is 30.6 Å². The standard InChI is InChI=1S/C16H36B.C14H3F11.C4HF10N/c1-5-9-13-17(14-10-6-2,15-11-7-3)16-12-8-4;1-2-3(4-7(16)11(20)13(22)12(21)8(4)17)5(14(23,24)25)9(18)10(19)6(2)15;5-1(6,7)3(11,12)15-4(13,14)2(8,9)10/h5-16H2,1-4H3;1H3;15H/q-1;;/p+1. The fourth-order valence-corrected chi connectivity index (χ4v) is 5.99. The molecule has 0 saturated carbocycles. The topological polar surface area (TPSA) is 16.6 Å². The number of quaternary nitrogens is 1. The minimum absolute atomic E-state index is 0.00722. The molecule has 0 saturated heterocycles. The molecule has 2 aromatic rings. The summed E-state index contributed by atoms with van der Waals surface area (Å²) in [5.41, 5.74) is -8.45. The van der Waals surface area contributed by atoms with E-state index in [9.17, 15) is 92.2 Å². The highest BCUT2D eigenvalue weighted by Gasteiger charge is 2.73. The van der Waals surface area contributed by atoms with Crippen molar-refractivity contribution in [1.82, 2.24) is 0 Å². The van der Waals surface area contributed by atoms with Gasteiger partial charge in [-0.15, -0.1) is 17.6 Å². The minimum atomic E-state index is -6.50. The van der Waals surface area contributed by atoms with Gasteiger partial charge in [0.25, 0.3) is 0 Å². The normalized spacial score (nSPS) is 12.9. The molecule has 0 bridgehead atoms. The van der Waals surface area contributed by atoms with E-state index in [1.165, 1.54) is 51.4 Å². The van der Waals surface area contributed by atoms with Crippen molar-refractivity contribution in [3.05, 3.63) is 57.7 Å². The predicted octanol–water partition coefficient (Wildman–Crippen LogP) is 14.3. The lowest BCUT2D eigenvalue weighted by atomic mass is 9.17. The molecule has 332 valence electrons. The first kappa shape index (κ1) is 54.0. The Bertz CT molecular complexity index is 1490. The van der Waals surface area contributed by atoms with Crippen LogP contribution in [0.25, 0.3) is 11.1 Å². The number of halogens is 21. The molecule has 0 amide bonds. The number of benzene rings is 2. The molecule has 0 radical (unpaired) electrons. The van der Waals surface area contributed by atoms with Gasteiger partial charge in [-0.2, -0.15) is 64.8 Å². The SMILES string of the molecule is CCCC[B-](CCCC)(CCCC)CCCC.Cc1c(F)c(F)c(F)c(C(F)(F)F)c1-c1c(F)c(F)c(F)c(F)c1F.FC(F)(F)C(F)(F)[NH2+]C(F)(F)C(F)(F)F. The van der Waals surface area contributed by atoms with Crippen molar-refractivity contribution in [1.29, 1.82) is 0 Å². The van der Waals surface area contributed by atoms with Gasteiger partial charge in [-0.25, -0.2) is 40.4 Å². The molecular formula is C34H41BF21N. The monoisotopic (exact) mass is 873 g/mol. The summed E-state index contributed by atoms with van der Waals surface area (Å²) in [6.45, 7) is 9.75. The number of hydrogen-bond donors (Lipinski definition) is 1. The van der Waals surface area contributed by atoms with Gasteiger partial charge in [0.1, 0.15) is 5.56 Å². The Balaban J connectivity index is 0.000000866. The molecule has 57 heavy (non-hydrogen) atoms. The van der Waals surface area contributed by atoms with Gasteiger partial charge in [0.15, 0.2) is 40.7 Å². The molecule has 0 aliphatic rings. The number of nitrogens with two attached hydrogens (primary N) is 1. The summed E-state index contributed by atoms with van der Waals surface area (Å²) in [5, 5.41) is -2.38. The molecule has 0 aromatic heterocycles. The van der Waals surface area contributed by atoms with E-state index >= 15 is 0 Å². The lowest BCUT2D eigenvalue weighted by molar-refractivity contribution is -0.912. The third-order valence-corrected chi connectivity index (χ3v) is 9.10. The Labute approximate surface area is 314 Å². The van der Waals surface area contributed by atoms with Crippen LogP contribution in [0.4, 0.5) is 92.2 Å². The summed E-state index contributed by atoms with van der Waals surface area (Å²) < 4.78 is 261. The molecule has 0 fully saturated rings. The van der Waals surface area contributed by atoms with Gasteiger partial charge in [-0.1, -0.05) is 79.1 Å². The fourth-order valence-electron chi connectivity index (χ4n) is 5.99. The summed E-state index contributed by atoms with van der Waals surface area (Å²) in [4.78, 5) is 0. The van der Waals surface area contributed by atoms with Crippen LogP contribution in [-0.2, 0) is 6.18 Å². The Hall–Kier alpha value is -3.01. The van der Waals surface area contributed by atoms with Gasteiger partial charge in [0.2, 0.25) is 5.82 Å². The molecule has 2 rings (SSSR count). The molecule has 0 aliphatic heterocycles. The summed E-state index contributed by atoms with van der Waals surface area (Å²) in [5.74, 6) is -21.2. The largest absolute Gasteiger partial charge is 0.515 e. The quantitative estimate of drug-likeness (QED) is 0.0604. The summed E-state index contributed by atoms with van der Waals surface area (Å²) >= 11 is 0. The zero-order valence-corrected chi connectivity index (χ0v) is 31.1. The van der Waals surface area contributed by atoms with Crippen molar-refractivity contribution < 1.29 is 97.5 Å². The second kappa shape index (κ2) is 21.3. The fraction of sp³-hybridized carbons (Fsp3) is 0.647. The predicted molar refractivity (Wildman–Crippen MR) is 170 cm³/mol. The number of rotatable bonds is 15. The second-order valence-corrected chi connectivity index (χ2v) is 13.4. The van der Waals surface area contributed by atoms with E-state index < -0.39 is 105 Å². The smallest absolute Gasteiger partial charge is 0.208 e. The van der Waals surface area contributed by atoms with Crippen molar-refractivity contribution in [2.45, 2.75) is 142 Å². The molecule has 0 unspecified atom stereocenters. The highest BCUT2D eigenvalue weighted by molar-refractivity contribution is 6.79. The molecule has 0 spiro atoms. The third kappa shape index (κ3) is 14.1. The van der Waals surface area contributed by atoms with E-state index in [1.54, 1.807) is 25.3 Å². The summed E-state index contributed by atoms with van der Waals surface area (Å²) in [6, 6.07) is -12.4. The Morgan fingerprint density at radius 2 is 0.684 bits per heavy atom. The molecule has 23 heteroatoms. The van der Waals surface area contributed by atoms with Crippen molar-refractivity contribution in [3.63, 3.8) is 0 Å². The van der Waals surface area contributed by atoms with Crippen molar-refractivity contribution >= 4 is 6.15 Å². The van der Waals surface area contributed by atoms with E-state index in [2.05, 4.69) is 27.7 Å². The Morgan fingerprint density at radius 3 is 0.947 bits per heavy atom. The summed E-state index contributed by atoms with van der Waals surface area (Å²) in [7, 11) is 0. The van der Waals surface area contributed by atoms with Crippen LogP contribution < -0.4 is 5.32 Å². The molecule has 0 aliphatic carbocycles. The molecule has 0 heterocycles. The van der Waals surface area contributed by atoms with E-state index in [-0.39, 0.29) is 6.15 Å². The Kier molecular flexibility index (Phi) is 20.2. The van der Waals surface area contributed by atoms with Crippen LogP contribution in [0.5, 0.6) is 0 Å². The van der Waals surface area contributed by atoms with Crippen LogP contribution in [0.15, 0.2) is 0 Å². The highest BCUT2D eigenvalue weighted by atomic mass is 19.4. The molecular weight excluding hydrogens is 832 g/mol. The van der Waals surface area contributed by atoms with Gasteiger partial charge in [-0.05, 0) is 12.5 Å². The zero-order valence-electron chi connectivity index (χ0n) is 31.1. The van der Waals surface area contributed by atoms with Crippen molar-refractivity contribution in [2.75, 3.05) is 0 Å². The molecule has 2 aromatic carbocycles. The number of unbranched alkanes of at least 4 members (excludes halogenated alkanes) is 4. The second-order valence-electron chi connectivity index (χ2n) is 13.4. The molecule has 0 atom stereocenters. The minimum Gasteiger partial charge on any atom is -0.208 e.